The summed E-state index contributed by atoms with van der Waals surface area (Å²) < 4.78 is 47.5. The predicted molar refractivity (Wildman–Crippen MR) is 153 cm³/mol. The summed E-state index contributed by atoms with van der Waals surface area (Å²) in [6.45, 7) is 2.11. The van der Waals surface area contributed by atoms with Crippen molar-refractivity contribution in [2.45, 2.75) is 44.6 Å². The number of benzene rings is 2. The van der Waals surface area contributed by atoms with Crippen LogP contribution in [0, 0.1) is 0 Å². The van der Waals surface area contributed by atoms with Crippen molar-refractivity contribution < 1.29 is 27.8 Å². The van der Waals surface area contributed by atoms with Crippen molar-refractivity contribution >= 4 is 11.5 Å². The Hall–Kier alpha value is -4.55. The normalized spacial score (nSPS) is 15.8. The number of halogens is 3. The molecule has 0 bridgehead atoms. The lowest BCUT2D eigenvalue weighted by atomic mass is 9.89. The van der Waals surface area contributed by atoms with E-state index >= 15 is 0 Å². The van der Waals surface area contributed by atoms with E-state index in [1.165, 1.54) is 16.8 Å². The lowest BCUT2D eigenvalue weighted by Crippen LogP contribution is -2.18. The summed E-state index contributed by atoms with van der Waals surface area (Å²) >= 11 is 0. The number of rotatable bonds is 10. The number of aromatic nitrogens is 5. The van der Waals surface area contributed by atoms with Gasteiger partial charge in [-0.2, -0.15) is 18.3 Å². The summed E-state index contributed by atoms with van der Waals surface area (Å²) in [6.07, 6.45) is 3.41. The van der Waals surface area contributed by atoms with Crippen molar-refractivity contribution in [3.63, 3.8) is 0 Å². The number of aryl methyl sites for hydroxylation is 1. The average Bonchev–Trinajstić information content (AvgIpc) is 3.68. The molecule has 9 nitrogen and oxygen atoms in total. The van der Waals surface area contributed by atoms with Crippen LogP contribution in [-0.2, 0) is 22.1 Å². The van der Waals surface area contributed by atoms with Gasteiger partial charge in [-0.1, -0.05) is 35.6 Å². The van der Waals surface area contributed by atoms with Gasteiger partial charge in [0.05, 0.1) is 34.5 Å². The van der Waals surface area contributed by atoms with Gasteiger partial charge < -0.3 is 15.2 Å². The first-order valence-electron chi connectivity index (χ1n) is 13.8. The molecule has 4 aromatic rings. The first-order chi connectivity index (χ1) is 20.7. The molecule has 2 aromatic carbocycles. The van der Waals surface area contributed by atoms with Gasteiger partial charge in [0.25, 0.3) is 0 Å². The number of hydrogen-bond donors (Lipinski definition) is 2. The number of nitrogens with one attached hydrogen (secondary N) is 1. The van der Waals surface area contributed by atoms with Gasteiger partial charge in [-0.05, 0) is 66.9 Å². The zero-order valence-electron chi connectivity index (χ0n) is 23.6. The highest BCUT2D eigenvalue weighted by Crippen LogP contribution is 2.34. The van der Waals surface area contributed by atoms with Crippen LogP contribution in [0.2, 0.25) is 0 Å². The Kier molecular flexibility index (Phi) is 8.88. The SMILES string of the molecule is CCOC(O)c1cn(-c2ccc(-n3nc(CCC(=O)NC)cc3C3=CCC(c4ccc(C(F)(F)F)cc4)C=C3)cc2)nn1. The van der Waals surface area contributed by atoms with E-state index in [0.29, 0.717) is 31.6 Å². The fourth-order valence-electron chi connectivity index (χ4n) is 4.80. The first kappa shape index (κ1) is 29.9. The summed E-state index contributed by atoms with van der Waals surface area (Å²) in [4.78, 5) is 11.9. The topological polar surface area (TPSA) is 107 Å². The maximum absolute atomic E-state index is 13.0. The van der Waals surface area contributed by atoms with Crippen LogP contribution in [0.25, 0.3) is 16.9 Å². The van der Waals surface area contributed by atoms with Gasteiger partial charge in [-0.25, -0.2) is 9.36 Å². The monoisotopic (exact) mass is 592 g/mol. The van der Waals surface area contributed by atoms with Crippen LogP contribution in [-0.4, -0.2) is 49.4 Å². The molecule has 224 valence electrons. The van der Waals surface area contributed by atoms with Crippen LogP contribution in [0.1, 0.15) is 60.2 Å². The standard InChI is InChI=1S/C31H31F3N6O3/c1-3-43-30(42)27-19-39(38-36-27)25-13-15-26(16-14-25)40-28(18-24(37-40)12-17-29(41)35-2)22-6-4-20(5-7-22)21-8-10-23(11-9-21)31(32,33)34/h4,6-11,13-16,18-20,30,42H,3,5,12,17H2,1-2H3,(H,35,41). The molecular formula is C31H31F3N6O3. The summed E-state index contributed by atoms with van der Waals surface area (Å²) in [7, 11) is 1.59. The summed E-state index contributed by atoms with van der Waals surface area (Å²) in [6, 6.07) is 14.7. The van der Waals surface area contributed by atoms with Gasteiger partial charge >= 0.3 is 6.18 Å². The van der Waals surface area contributed by atoms with Crippen molar-refractivity contribution in [3.05, 3.63) is 107 Å². The Morgan fingerprint density at radius 3 is 2.49 bits per heavy atom. The van der Waals surface area contributed by atoms with E-state index in [-0.39, 0.29) is 11.8 Å². The smallest absolute Gasteiger partial charge is 0.363 e. The minimum Gasteiger partial charge on any atom is -0.363 e. The fraction of sp³-hybridized carbons (Fsp3) is 0.290. The van der Waals surface area contributed by atoms with Gasteiger partial charge in [0.2, 0.25) is 12.2 Å². The molecular weight excluding hydrogens is 561 g/mol. The molecule has 1 aliphatic rings. The van der Waals surface area contributed by atoms with Gasteiger partial charge in [0.1, 0.15) is 5.69 Å². The zero-order valence-corrected chi connectivity index (χ0v) is 23.6. The van der Waals surface area contributed by atoms with Crippen LogP contribution in [0.3, 0.4) is 0 Å². The Morgan fingerprint density at radius 1 is 1.14 bits per heavy atom. The molecule has 0 saturated carbocycles. The Labute approximate surface area is 246 Å². The van der Waals surface area contributed by atoms with E-state index in [0.717, 1.165) is 46.0 Å². The van der Waals surface area contributed by atoms with Crippen molar-refractivity contribution in [2.75, 3.05) is 13.7 Å². The fourth-order valence-corrected chi connectivity index (χ4v) is 4.80. The molecule has 0 radical (unpaired) electrons. The number of aliphatic hydroxyl groups is 1. The third kappa shape index (κ3) is 6.92. The Morgan fingerprint density at radius 2 is 1.86 bits per heavy atom. The minimum atomic E-state index is -4.37. The maximum Gasteiger partial charge on any atom is 0.416 e. The van der Waals surface area contributed by atoms with E-state index in [4.69, 9.17) is 9.84 Å². The van der Waals surface area contributed by atoms with Crippen molar-refractivity contribution in [1.82, 2.24) is 30.1 Å². The number of aliphatic hydroxyl groups excluding tert-OH is 1. The molecule has 2 unspecified atom stereocenters. The number of allylic oxidation sites excluding steroid dienone is 4. The van der Waals surface area contributed by atoms with Crippen LogP contribution >= 0.6 is 0 Å². The maximum atomic E-state index is 13.0. The lowest BCUT2D eigenvalue weighted by Gasteiger charge is -2.18. The highest BCUT2D eigenvalue weighted by Gasteiger charge is 2.30. The number of ether oxygens (including phenoxy) is 1. The Balaban J connectivity index is 1.39. The quantitative estimate of drug-likeness (QED) is 0.242. The number of amides is 1. The van der Waals surface area contributed by atoms with Crippen molar-refractivity contribution in [2.24, 2.45) is 0 Å². The third-order valence-corrected chi connectivity index (χ3v) is 7.16. The van der Waals surface area contributed by atoms with E-state index in [9.17, 15) is 23.1 Å². The molecule has 0 aliphatic heterocycles. The molecule has 0 saturated heterocycles. The zero-order chi connectivity index (χ0) is 30.6. The molecule has 43 heavy (non-hydrogen) atoms. The number of carbonyl (C=O) groups excluding carboxylic acids is 1. The summed E-state index contributed by atoms with van der Waals surface area (Å²) in [5.41, 5.74) is 4.41. The van der Waals surface area contributed by atoms with Crippen LogP contribution < -0.4 is 5.32 Å². The van der Waals surface area contributed by atoms with E-state index in [2.05, 4.69) is 15.6 Å². The molecule has 0 spiro atoms. The third-order valence-electron chi connectivity index (χ3n) is 7.16. The number of hydrogen-bond acceptors (Lipinski definition) is 6. The van der Waals surface area contributed by atoms with E-state index < -0.39 is 18.0 Å². The van der Waals surface area contributed by atoms with Crippen molar-refractivity contribution in [1.29, 1.82) is 0 Å². The second-order valence-electron chi connectivity index (χ2n) is 10.00. The minimum absolute atomic E-state index is 0.0526. The molecule has 2 aromatic heterocycles. The van der Waals surface area contributed by atoms with Gasteiger partial charge in [-0.15, -0.1) is 5.10 Å². The molecule has 1 amide bonds. The summed E-state index contributed by atoms with van der Waals surface area (Å²) in [5.74, 6) is -0.138. The predicted octanol–water partition coefficient (Wildman–Crippen LogP) is 5.30. The molecule has 2 N–H and O–H groups in total. The molecule has 2 atom stereocenters. The second-order valence-corrected chi connectivity index (χ2v) is 10.00. The Bertz CT molecular complexity index is 1620. The molecule has 1 aliphatic carbocycles. The number of nitrogens with zero attached hydrogens (tertiary/aromatic N) is 5. The number of alkyl halides is 3. The van der Waals surface area contributed by atoms with Crippen LogP contribution in [0.5, 0.6) is 0 Å². The second kappa shape index (κ2) is 12.8. The van der Waals surface area contributed by atoms with Gasteiger partial charge in [0, 0.05) is 32.4 Å². The largest absolute Gasteiger partial charge is 0.416 e. The highest BCUT2D eigenvalue weighted by molar-refractivity contribution is 5.76. The van der Waals surface area contributed by atoms with Gasteiger partial charge in [-0.3, -0.25) is 4.79 Å². The van der Waals surface area contributed by atoms with Crippen LogP contribution in [0.15, 0.2) is 79.0 Å². The average molecular weight is 593 g/mol. The molecule has 12 heteroatoms. The van der Waals surface area contributed by atoms with E-state index in [1.54, 1.807) is 20.2 Å². The lowest BCUT2D eigenvalue weighted by molar-refractivity contribution is -0.137. The summed E-state index contributed by atoms with van der Waals surface area (Å²) in [5, 5.41) is 25.5. The molecule has 0 fully saturated rings. The van der Waals surface area contributed by atoms with E-state index in [1.807, 2.05) is 53.2 Å². The van der Waals surface area contributed by atoms with Crippen LogP contribution in [0.4, 0.5) is 13.2 Å². The van der Waals surface area contributed by atoms with Gasteiger partial charge in [0.15, 0.2) is 0 Å². The van der Waals surface area contributed by atoms with Crippen molar-refractivity contribution in [3.8, 4) is 11.4 Å². The molecule has 2 heterocycles. The number of carbonyl (C=O) groups is 1. The highest BCUT2D eigenvalue weighted by atomic mass is 19.4. The molecule has 5 rings (SSSR count). The first-order valence-corrected chi connectivity index (χ1v) is 13.8.